The van der Waals surface area contributed by atoms with E-state index in [2.05, 4.69) is 9.97 Å². The molecule has 2 aromatic heterocycles. The van der Waals surface area contributed by atoms with Gasteiger partial charge >= 0.3 is 6.09 Å². The molecule has 0 saturated carbocycles. The number of aryl methyl sites for hydroxylation is 1. The number of carbonyl (C=O) groups is 1. The zero-order valence-corrected chi connectivity index (χ0v) is 17.1. The molecule has 0 aliphatic rings. The minimum absolute atomic E-state index is 0.188. The standard InChI is InChI=1S/C24H21N3O4/c1-15-10-18(23(28)25-13-15)17-8-9-20-19(11-17)21(12-22(26-20)27(2)24(29)30)31-14-16-6-4-3-5-7-16/h3-13H,14H2,1-2H3,(H,25,28)(H,29,30). The molecule has 1 amide bonds. The van der Waals surface area contributed by atoms with Crippen LogP contribution in [0.5, 0.6) is 5.75 Å². The van der Waals surface area contributed by atoms with E-state index in [1.165, 1.54) is 7.05 Å². The Morgan fingerprint density at radius 3 is 2.65 bits per heavy atom. The van der Waals surface area contributed by atoms with Gasteiger partial charge in [0, 0.05) is 30.3 Å². The average molecular weight is 415 g/mol. The summed E-state index contributed by atoms with van der Waals surface area (Å²) in [6.07, 6.45) is 0.542. The third kappa shape index (κ3) is 4.25. The fourth-order valence-electron chi connectivity index (χ4n) is 3.28. The fourth-order valence-corrected chi connectivity index (χ4v) is 3.28. The van der Waals surface area contributed by atoms with Crippen molar-refractivity contribution in [3.63, 3.8) is 0 Å². The van der Waals surface area contributed by atoms with E-state index in [4.69, 9.17) is 4.74 Å². The Kier molecular flexibility index (Phi) is 5.41. The number of nitrogens with zero attached hydrogens (tertiary/aromatic N) is 2. The van der Waals surface area contributed by atoms with Crippen LogP contribution in [-0.2, 0) is 6.61 Å². The SMILES string of the molecule is Cc1c[nH]c(=O)c(-c2ccc3nc(N(C)C(=O)O)cc(OCc4ccccc4)c3c2)c1. The molecule has 31 heavy (non-hydrogen) atoms. The Balaban J connectivity index is 1.84. The lowest BCUT2D eigenvalue weighted by Gasteiger charge is -2.16. The number of nitrogens with one attached hydrogen (secondary N) is 1. The van der Waals surface area contributed by atoms with Gasteiger partial charge in [-0.2, -0.15) is 0 Å². The first-order valence-corrected chi connectivity index (χ1v) is 9.70. The monoisotopic (exact) mass is 415 g/mol. The van der Waals surface area contributed by atoms with Gasteiger partial charge in [-0.15, -0.1) is 0 Å². The normalized spacial score (nSPS) is 10.8. The van der Waals surface area contributed by atoms with Gasteiger partial charge in [0.25, 0.3) is 5.56 Å². The van der Waals surface area contributed by atoms with Gasteiger partial charge in [-0.1, -0.05) is 36.4 Å². The molecule has 0 saturated heterocycles. The molecule has 0 aliphatic carbocycles. The van der Waals surface area contributed by atoms with Crippen LogP contribution in [0.2, 0.25) is 0 Å². The summed E-state index contributed by atoms with van der Waals surface area (Å²) in [6.45, 7) is 2.22. The molecule has 2 aromatic carbocycles. The molecule has 0 fully saturated rings. The highest BCUT2D eigenvalue weighted by Gasteiger charge is 2.16. The van der Waals surface area contributed by atoms with Gasteiger partial charge < -0.3 is 14.8 Å². The number of amides is 1. The number of fused-ring (bicyclic) bond motifs is 1. The third-order valence-electron chi connectivity index (χ3n) is 4.98. The number of ether oxygens (including phenoxy) is 1. The summed E-state index contributed by atoms with van der Waals surface area (Å²) in [4.78, 5) is 32.0. The molecule has 0 aliphatic heterocycles. The van der Waals surface area contributed by atoms with Crippen molar-refractivity contribution >= 4 is 22.8 Å². The molecule has 4 aromatic rings. The molecular weight excluding hydrogens is 394 g/mol. The van der Waals surface area contributed by atoms with E-state index in [0.29, 0.717) is 28.8 Å². The summed E-state index contributed by atoms with van der Waals surface area (Å²) >= 11 is 0. The highest BCUT2D eigenvalue weighted by molar-refractivity contribution is 5.93. The maximum absolute atomic E-state index is 12.3. The van der Waals surface area contributed by atoms with E-state index in [1.54, 1.807) is 24.4 Å². The number of carboxylic acid groups (broad SMARTS) is 1. The first-order valence-electron chi connectivity index (χ1n) is 9.70. The van der Waals surface area contributed by atoms with Gasteiger partial charge in [-0.25, -0.2) is 9.78 Å². The minimum atomic E-state index is -1.12. The Morgan fingerprint density at radius 2 is 1.90 bits per heavy atom. The Bertz CT molecular complexity index is 1320. The van der Waals surface area contributed by atoms with Crippen molar-refractivity contribution in [1.82, 2.24) is 9.97 Å². The van der Waals surface area contributed by atoms with Crippen LogP contribution in [0.25, 0.3) is 22.0 Å². The predicted octanol–water partition coefficient (Wildman–Crippen LogP) is 4.59. The molecule has 0 bridgehead atoms. The van der Waals surface area contributed by atoms with Crippen LogP contribution in [0, 0.1) is 6.92 Å². The van der Waals surface area contributed by atoms with Gasteiger partial charge in [-0.3, -0.25) is 9.69 Å². The van der Waals surface area contributed by atoms with Gasteiger partial charge in [0.05, 0.1) is 5.52 Å². The number of rotatable bonds is 5. The maximum atomic E-state index is 12.3. The van der Waals surface area contributed by atoms with Crippen LogP contribution < -0.4 is 15.2 Å². The number of anilines is 1. The highest BCUT2D eigenvalue weighted by Crippen LogP contribution is 2.32. The molecule has 0 unspecified atom stereocenters. The second kappa shape index (κ2) is 8.31. The average Bonchev–Trinajstić information content (AvgIpc) is 2.78. The molecule has 0 atom stereocenters. The van der Waals surface area contributed by atoms with Crippen molar-refractivity contribution in [1.29, 1.82) is 0 Å². The lowest BCUT2D eigenvalue weighted by molar-refractivity contribution is 0.203. The number of aromatic nitrogens is 2. The Labute approximate surface area is 178 Å². The molecule has 2 heterocycles. The van der Waals surface area contributed by atoms with Crippen LogP contribution in [0.1, 0.15) is 11.1 Å². The summed E-state index contributed by atoms with van der Waals surface area (Å²) in [6, 6.07) is 18.5. The lowest BCUT2D eigenvalue weighted by atomic mass is 10.0. The molecule has 156 valence electrons. The number of aromatic amines is 1. The summed E-state index contributed by atoms with van der Waals surface area (Å²) in [5, 5.41) is 10.1. The lowest BCUT2D eigenvalue weighted by Crippen LogP contribution is -2.24. The minimum Gasteiger partial charge on any atom is -0.488 e. The zero-order chi connectivity index (χ0) is 22.0. The maximum Gasteiger partial charge on any atom is 0.412 e. The van der Waals surface area contributed by atoms with Crippen molar-refractivity contribution in [2.45, 2.75) is 13.5 Å². The molecule has 4 rings (SSSR count). The van der Waals surface area contributed by atoms with Crippen LogP contribution in [0.15, 0.2) is 71.7 Å². The van der Waals surface area contributed by atoms with Crippen LogP contribution in [0.4, 0.5) is 10.6 Å². The number of pyridine rings is 2. The molecule has 7 heteroatoms. The largest absolute Gasteiger partial charge is 0.488 e. The number of hydrogen-bond donors (Lipinski definition) is 2. The van der Waals surface area contributed by atoms with Crippen molar-refractivity contribution in [3.05, 3.63) is 88.3 Å². The molecule has 0 radical (unpaired) electrons. The summed E-state index contributed by atoms with van der Waals surface area (Å²) in [5.41, 5.74) is 3.57. The molecule has 2 N–H and O–H groups in total. The van der Waals surface area contributed by atoms with Crippen molar-refractivity contribution in [3.8, 4) is 16.9 Å². The first kappa shape index (κ1) is 20.2. The van der Waals surface area contributed by atoms with Gasteiger partial charge in [0.2, 0.25) is 0 Å². The number of H-pyrrole nitrogens is 1. The highest BCUT2D eigenvalue weighted by atomic mass is 16.5. The van der Waals surface area contributed by atoms with Gasteiger partial charge in [-0.05, 0) is 41.8 Å². The summed E-state index contributed by atoms with van der Waals surface area (Å²) in [5.74, 6) is 0.743. The topological polar surface area (TPSA) is 95.5 Å². The second-order valence-corrected chi connectivity index (χ2v) is 7.25. The van der Waals surface area contributed by atoms with Crippen molar-refractivity contribution < 1.29 is 14.6 Å². The quantitative estimate of drug-likeness (QED) is 0.497. The van der Waals surface area contributed by atoms with Crippen molar-refractivity contribution in [2.24, 2.45) is 0 Å². The van der Waals surface area contributed by atoms with Gasteiger partial charge in [0.1, 0.15) is 18.2 Å². The fraction of sp³-hybridized carbons (Fsp3) is 0.125. The van der Waals surface area contributed by atoms with E-state index in [0.717, 1.165) is 21.6 Å². The Morgan fingerprint density at radius 1 is 1.13 bits per heavy atom. The van der Waals surface area contributed by atoms with Crippen LogP contribution in [0.3, 0.4) is 0 Å². The summed E-state index contributed by atoms with van der Waals surface area (Å²) < 4.78 is 6.08. The smallest absolute Gasteiger partial charge is 0.412 e. The van der Waals surface area contributed by atoms with E-state index in [-0.39, 0.29) is 11.4 Å². The van der Waals surface area contributed by atoms with E-state index >= 15 is 0 Å². The van der Waals surface area contributed by atoms with Crippen molar-refractivity contribution in [2.75, 3.05) is 11.9 Å². The number of hydrogen-bond acceptors (Lipinski definition) is 4. The number of benzene rings is 2. The second-order valence-electron chi connectivity index (χ2n) is 7.25. The molecule has 7 nitrogen and oxygen atoms in total. The molecular formula is C24H21N3O4. The summed E-state index contributed by atoms with van der Waals surface area (Å²) in [7, 11) is 1.43. The zero-order valence-electron chi connectivity index (χ0n) is 17.1. The Hall–Kier alpha value is -4.13. The predicted molar refractivity (Wildman–Crippen MR) is 120 cm³/mol. The van der Waals surface area contributed by atoms with Crippen LogP contribution >= 0.6 is 0 Å². The van der Waals surface area contributed by atoms with Gasteiger partial charge in [0.15, 0.2) is 0 Å². The third-order valence-corrected chi connectivity index (χ3v) is 4.98. The van der Waals surface area contributed by atoms with E-state index in [9.17, 15) is 14.7 Å². The van der Waals surface area contributed by atoms with E-state index in [1.807, 2.05) is 49.4 Å². The first-order chi connectivity index (χ1) is 14.9. The van der Waals surface area contributed by atoms with E-state index < -0.39 is 6.09 Å². The van der Waals surface area contributed by atoms with Crippen LogP contribution in [-0.4, -0.2) is 28.2 Å². The molecule has 0 spiro atoms.